The Morgan fingerprint density at radius 1 is 1.23 bits per heavy atom. The summed E-state index contributed by atoms with van der Waals surface area (Å²) in [6.45, 7) is 8.49. The molecule has 3 rings (SSSR count). The normalized spacial score (nSPS) is 10.5. The van der Waals surface area contributed by atoms with Gasteiger partial charge in [-0.05, 0) is 68.4 Å². The van der Waals surface area contributed by atoms with Crippen molar-refractivity contribution in [3.05, 3.63) is 65.3 Å². The van der Waals surface area contributed by atoms with Crippen LogP contribution in [0.2, 0.25) is 0 Å². The monoisotopic (exact) mass is 470 g/mol. The molecule has 0 saturated carbocycles. The lowest BCUT2D eigenvalue weighted by molar-refractivity contribution is 0.262. The number of benzene rings is 2. The van der Waals surface area contributed by atoms with Crippen LogP contribution in [0.3, 0.4) is 0 Å². The Labute approximate surface area is 185 Å². The standard InChI is InChI=1S/C20H20BrN3O2.C3H7N/c1-3-4-8-24-9-7-15-16(10-13(2)11-18(15)24)22-20(26)23-17-12-14(21)5-6-19(17)25;1-3-4-2/h3,5-7,9-12,25H,1,4,8H2,2H3,(H2,22,23,26);3H,1-2H3. The number of halogens is 1. The first-order valence-corrected chi connectivity index (χ1v) is 10.3. The van der Waals surface area contributed by atoms with Crippen molar-refractivity contribution in [2.45, 2.75) is 26.8 Å². The first kappa shape index (κ1) is 23.2. The molecule has 0 unspecified atom stereocenters. The van der Waals surface area contributed by atoms with E-state index in [1.54, 1.807) is 25.4 Å². The van der Waals surface area contributed by atoms with Crippen molar-refractivity contribution in [1.82, 2.24) is 4.57 Å². The molecule has 1 heterocycles. The lowest BCUT2D eigenvalue weighted by atomic mass is 10.1. The van der Waals surface area contributed by atoms with Gasteiger partial charge in [0.1, 0.15) is 5.75 Å². The minimum atomic E-state index is -0.413. The molecule has 0 aliphatic carbocycles. The first-order chi connectivity index (χ1) is 14.4. The van der Waals surface area contributed by atoms with E-state index in [1.165, 1.54) is 6.07 Å². The molecule has 0 spiro atoms. The number of carbonyl (C=O) groups excluding carboxylic acids is 1. The predicted molar refractivity (Wildman–Crippen MR) is 130 cm³/mol. The van der Waals surface area contributed by atoms with Gasteiger partial charge in [-0.15, -0.1) is 6.58 Å². The van der Waals surface area contributed by atoms with Crippen molar-refractivity contribution in [1.29, 1.82) is 0 Å². The lowest BCUT2D eigenvalue weighted by Gasteiger charge is -2.12. The highest BCUT2D eigenvalue weighted by Gasteiger charge is 2.11. The SMILES string of the molecule is C=CCCn1ccc2c(NC(=O)Nc3cc(Br)ccc3O)cc(C)cc21.CC=NC. The molecule has 3 N–H and O–H groups in total. The third-order valence-electron chi connectivity index (χ3n) is 4.32. The second-order valence-electron chi connectivity index (χ2n) is 6.59. The van der Waals surface area contributed by atoms with Crippen molar-refractivity contribution >= 4 is 50.5 Å². The van der Waals surface area contributed by atoms with Crippen LogP contribution in [-0.4, -0.2) is 29.0 Å². The fraction of sp³-hybridized carbons (Fsp3) is 0.217. The summed E-state index contributed by atoms with van der Waals surface area (Å²) in [5.41, 5.74) is 3.18. The van der Waals surface area contributed by atoms with Crippen molar-refractivity contribution in [3.8, 4) is 5.75 Å². The Morgan fingerprint density at radius 3 is 2.60 bits per heavy atom. The summed E-state index contributed by atoms with van der Waals surface area (Å²) in [6, 6.07) is 10.5. The molecule has 2 aromatic carbocycles. The number of phenolic OH excluding ortho intramolecular Hbond substituents is 1. The topological polar surface area (TPSA) is 78.7 Å². The number of hydrogen-bond donors (Lipinski definition) is 3. The Hall–Kier alpha value is -3.06. The van der Waals surface area contributed by atoms with Gasteiger partial charge in [0.25, 0.3) is 0 Å². The zero-order valence-corrected chi connectivity index (χ0v) is 19.0. The molecule has 0 bridgehead atoms. The number of anilines is 2. The number of aromatic nitrogens is 1. The Kier molecular flexibility index (Phi) is 8.68. The molecule has 0 saturated heterocycles. The fourth-order valence-corrected chi connectivity index (χ4v) is 3.21. The fourth-order valence-electron chi connectivity index (χ4n) is 2.85. The smallest absolute Gasteiger partial charge is 0.323 e. The van der Waals surface area contributed by atoms with E-state index in [4.69, 9.17) is 0 Å². The number of nitrogens with zero attached hydrogens (tertiary/aromatic N) is 2. The summed E-state index contributed by atoms with van der Waals surface area (Å²) < 4.78 is 2.91. The van der Waals surface area contributed by atoms with Crippen molar-refractivity contribution in [2.24, 2.45) is 4.99 Å². The number of rotatable bonds is 5. The van der Waals surface area contributed by atoms with Gasteiger partial charge in [0.05, 0.1) is 16.9 Å². The van der Waals surface area contributed by atoms with Crippen LogP contribution in [0.15, 0.2) is 64.7 Å². The van der Waals surface area contributed by atoms with Crippen LogP contribution in [0, 0.1) is 6.92 Å². The van der Waals surface area contributed by atoms with E-state index >= 15 is 0 Å². The van der Waals surface area contributed by atoms with Crippen molar-refractivity contribution < 1.29 is 9.90 Å². The largest absolute Gasteiger partial charge is 0.506 e. The van der Waals surface area contributed by atoms with Crippen LogP contribution in [-0.2, 0) is 6.54 Å². The molecular weight excluding hydrogens is 444 g/mol. The minimum Gasteiger partial charge on any atom is -0.506 e. The summed E-state index contributed by atoms with van der Waals surface area (Å²) in [4.78, 5) is 16.0. The van der Waals surface area contributed by atoms with Gasteiger partial charge in [0, 0.05) is 29.6 Å². The molecule has 7 heteroatoms. The van der Waals surface area contributed by atoms with E-state index < -0.39 is 6.03 Å². The molecular formula is C23H27BrN4O2. The minimum absolute atomic E-state index is 0.00770. The molecule has 0 atom stereocenters. The van der Waals surface area contributed by atoms with Crippen molar-refractivity contribution in [2.75, 3.05) is 17.7 Å². The van der Waals surface area contributed by atoms with Crippen LogP contribution in [0.4, 0.5) is 16.2 Å². The highest BCUT2D eigenvalue weighted by Crippen LogP contribution is 2.29. The second kappa shape index (κ2) is 11.2. The number of amides is 2. The summed E-state index contributed by atoms with van der Waals surface area (Å²) >= 11 is 3.33. The summed E-state index contributed by atoms with van der Waals surface area (Å²) in [5.74, 6) is 0.00770. The third kappa shape index (κ3) is 6.22. The van der Waals surface area contributed by atoms with E-state index in [-0.39, 0.29) is 5.75 Å². The number of aryl methyl sites for hydroxylation is 2. The maximum Gasteiger partial charge on any atom is 0.323 e. The van der Waals surface area contributed by atoms with Crippen LogP contribution >= 0.6 is 15.9 Å². The van der Waals surface area contributed by atoms with E-state index in [1.807, 2.05) is 38.3 Å². The second-order valence-corrected chi connectivity index (χ2v) is 7.50. The molecule has 6 nitrogen and oxygen atoms in total. The molecule has 0 aliphatic rings. The van der Waals surface area contributed by atoms with Crippen LogP contribution in [0.1, 0.15) is 18.9 Å². The van der Waals surface area contributed by atoms with Crippen LogP contribution in [0.25, 0.3) is 10.9 Å². The Balaban J connectivity index is 0.000000735. The molecule has 158 valence electrons. The number of urea groups is 1. The number of aromatic hydroxyl groups is 1. The molecule has 30 heavy (non-hydrogen) atoms. The number of allylic oxidation sites excluding steroid dienone is 1. The van der Waals surface area contributed by atoms with Gasteiger partial charge < -0.3 is 25.3 Å². The van der Waals surface area contributed by atoms with Gasteiger partial charge in [0.15, 0.2) is 0 Å². The maximum atomic E-state index is 12.4. The van der Waals surface area contributed by atoms with Gasteiger partial charge >= 0.3 is 6.03 Å². The highest BCUT2D eigenvalue weighted by molar-refractivity contribution is 9.10. The molecule has 1 aromatic heterocycles. The quantitative estimate of drug-likeness (QED) is 0.231. The lowest BCUT2D eigenvalue weighted by Crippen LogP contribution is -2.19. The Bertz CT molecular complexity index is 1050. The molecule has 0 aliphatic heterocycles. The zero-order valence-electron chi connectivity index (χ0n) is 17.4. The average Bonchev–Trinajstić information content (AvgIpc) is 3.12. The summed E-state index contributed by atoms with van der Waals surface area (Å²) in [5, 5.41) is 16.4. The summed E-state index contributed by atoms with van der Waals surface area (Å²) in [7, 11) is 1.75. The third-order valence-corrected chi connectivity index (χ3v) is 4.81. The van der Waals surface area contributed by atoms with E-state index in [9.17, 15) is 9.90 Å². The number of hydrogen-bond acceptors (Lipinski definition) is 3. The first-order valence-electron chi connectivity index (χ1n) is 9.53. The summed E-state index contributed by atoms with van der Waals surface area (Å²) in [6.07, 6.45) is 6.53. The van der Waals surface area contributed by atoms with Gasteiger partial charge in [-0.1, -0.05) is 22.0 Å². The Morgan fingerprint density at radius 2 is 1.93 bits per heavy atom. The van der Waals surface area contributed by atoms with E-state index in [2.05, 4.69) is 48.8 Å². The van der Waals surface area contributed by atoms with Gasteiger partial charge in [-0.3, -0.25) is 0 Å². The van der Waals surface area contributed by atoms with Gasteiger partial charge in [-0.2, -0.15) is 0 Å². The molecule has 0 fully saturated rings. The van der Waals surface area contributed by atoms with E-state index in [0.29, 0.717) is 5.69 Å². The van der Waals surface area contributed by atoms with Gasteiger partial charge in [0.2, 0.25) is 0 Å². The zero-order chi connectivity index (χ0) is 22.1. The van der Waals surface area contributed by atoms with E-state index in [0.717, 1.165) is 39.6 Å². The number of phenols is 1. The average molecular weight is 471 g/mol. The van der Waals surface area contributed by atoms with Crippen molar-refractivity contribution in [3.63, 3.8) is 0 Å². The van der Waals surface area contributed by atoms with Crippen LogP contribution in [0.5, 0.6) is 5.75 Å². The highest BCUT2D eigenvalue weighted by atomic mass is 79.9. The molecule has 3 aromatic rings. The maximum absolute atomic E-state index is 12.4. The number of fused-ring (bicyclic) bond motifs is 1. The molecule has 2 amide bonds. The number of nitrogens with one attached hydrogen (secondary N) is 2. The van der Waals surface area contributed by atoms with Crippen LogP contribution < -0.4 is 10.6 Å². The molecule has 0 radical (unpaired) electrons. The van der Waals surface area contributed by atoms with Gasteiger partial charge in [-0.25, -0.2) is 4.79 Å². The predicted octanol–water partition coefficient (Wildman–Crippen LogP) is 6.34. The number of carbonyl (C=O) groups is 1. The number of aliphatic imine (C=N–C) groups is 1.